The Hall–Kier alpha value is -2.77. The molecule has 0 aromatic heterocycles. The van der Waals surface area contributed by atoms with Crippen LogP contribution in [0.1, 0.15) is 22.8 Å². The minimum absolute atomic E-state index is 0.253. The van der Waals surface area contributed by atoms with Gasteiger partial charge in [0.1, 0.15) is 5.75 Å². The minimum atomic E-state index is -1.18. The van der Waals surface area contributed by atoms with Gasteiger partial charge >= 0.3 is 0 Å². The van der Waals surface area contributed by atoms with Crippen molar-refractivity contribution in [3.63, 3.8) is 0 Å². The molecular formula is C22H24N2O5. The first-order chi connectivity index (χ1) is 14.2. The molecule has 152 valence electrons. The topological polar surface area (TPSA) is 71.5 Å². The van der Waals surface area contributed by atoms with Gasteiger partial charge < -0.3 is 24.2 Å². The van der Waals surface area contributed by atoms with Gasteiger partial charge in [0.25, 0.3) is 5.91 Å². The van der Waals surface area contributed by atoms with E-state index >= 15 is 0 Å². The van der Waals surface area contributed by atoms with E-state index < -0.39 is 6.10 Å². The normalized spacial score (nSPS) is 19.0. The number of carbonyl (C=O) groups excluding carboxylic acids is 1. The molecule has 1 saturated heterocycles. The second-order valence-electron chi connectivity index (χ2n) is 7.63. The van der Waals surface area contributed by atoms with Crippen molar-refractivity contribution < 1.29 is 24.1 Å². The number of benzene rings is 2. The van der Waals surface area contributed by atoms with E-state index in [1.165, 1.54) is 0 Å². The number of piperazine rings is 1. The van der Waals surface area contributed by atoms with Gasteiger partial charge in [0.05, 0.1) is 6.61 Å². The SMILES string of the molecule is O=C(C(O)c1cccc2c1OCC2)N1CCN(Cc2ccc3c(c2)OCO3)CC1. The van der Waals surface area contributed by atoms with E-state index in [2.05, 4.69) is 4.90 Å². The Bertz CT molecular complexity index is 923. The second-order valence-corrected chi connectivity index (χ2v) is 7.63. The van der Waals surface area contributed by atoms with Crippen molar-refractivity contribution in [3.05, 3.63) is 53.1 Å². The third-order valence-electron chi connectivity index (χ3n) is 5.80. The van der Waals surface area contributed by atoms with Crippen molar-refractivity contribution in [1.29, 1.82) is 0 Å². The summed E-state index contributed by atoms with van der Waals surface area (Å²) in [4.78, 5) is 16.9. The highest BCUT2D eigenvalue weighted by atomic mass is 16.7. The molecule has 1 atom stereocenters. The Balaban J connectivity index is 1.19. The Morgan fingerprint density at radius 1 is 1.03 bits per heavy atom. The van der Waals surface area contributed by atoms with E-state index in [1.54, 1.807) is 11.0 Å². The number of carbonyl (C=O) groups is 1. The van der Waals surface area contributed by atoms with E-state index in [0.717, 1.165) is 48.7 Å². The number of aliphatic hydroxyl groups is 1. The first-order valence-electron chi connectivity index (χ1n) is 10.0. The van der Waals surface area contributed by atoms with E-state index in [1.807, 2.05) is 30.3 Å². The van der Waals surface area contributed by atoms with Crippen LogP contribution in [-0.2, 0) is 17.8 Å². The standard InChI is InChI=1S/C22H24N2O5/c25-20(17-3-1-2-16-6-11-27-21(16)17)22(26)24-9-7-23(8-10-24)13-15-4-5-18-19(12-15)29-14-28-18/h1-5,12,20,25H,6-11,13-14H2. The average molecular weight is 396 g/mol. The molecule has 1 N–H and O–H groups in total. The lowest BCUT2D eigenvalue weighted by Crippen LogP contribution is -2.49. The van der Waals surface area contributed by atoms with Crippen molar-refractivity contribution in [2.24, 2.45) is 0 Å². The van der Waals surface area contributed by atoms with Gasteiger partial charge in [-0.15, -0.1) is 0 Å². The monoisotopic (exact) mass is 396 g/mol. The van der Waals surface area contributed by atoms with Crippen molar-refractivity contribution in [1.82, 2.24) is 9.80 Å². The number of nitrogens with zero attached hydrogens (tertiary/aromatic N) is 2. The fourth-order valence-electron chi connectivity index (χ4n) is 4.19. The van der Waals surface area contributed by atoms with Gasteiger partial charge in [-0.3, -0.25) is 9.69 Å². The number of fused-ring (bicyclic) bond motifs is 2. The first kappa shape index (κ1) is 18.3. The molecule has 0 spiro atoms. The molecule has 0 bridgehead atoms. The van der Waals surface area contributed by atoms with Crippen LogP contribution in [0.4, 0.5) is 0 Å². The fourth-order valence-corrected chi connectivity index (χ4v) is 4.19. The molecule has 3 aliphatic rings. The summed E-state index contributed by atoms with van der Waals surface area (Å²) in [5, 5.41) is 10.7. The maximum absolute atomic E-state index is 12.9. The van der Waals surface area contributed by atoms with Crippen molar-refractivity contribution in [3.8, 4) is 17.2 Å². The summed E-state index contributed by atoms with van der Waals surface area (Å²) in [6.45, 7) is 4.38. The van der Waals surface area contributed by atoms with E-state index in [9.17, 15) is 9.90 Å². The van der Waals surface area contributed by atoms with Gasteiger partial charge in [-0.25, -0.2) is 0 Å². The molecule has 2 aromatic carbocycles. The number of para-hydroxylation sites is 1. The maximum Gasteiger partial charge on any atom is 0.256 e. The molecule has 3 heterocycles. The molecule has 1 fully saturated rings. The molecule has 1 unspecified atom stereocenters. The molecule has 7 heteroatoms. The average Bonchev–Trinajstić information content (AvgIpc) is 3.42. The van der Waals surface area contributed by atoms with Crippen molar-refractivity contribution >= 4 is 5.91 Å². The number of ether oxygens (including phenoxy) is 3. The summed E-state index contributed by atoms with van der Waals surface area (Å²) in [6, 6.07) is 11.6. The quantitative estimate of drug-likeness (QED) is 0.849. The minimum Gasteiger partial charge on any atom is -0.493 e. The zero-order valence-electron chi connectivity index (χ0n) is 16.2. The molecule has 0 saturated carbocycles. The van der Waals surface area contributed by atoms with Crippen LogP contribution in [0.15, 0.2) is 36.4 Å². The third-order valence-corrected chi connectivity index (χ3v) is 5.80. The van der Waals surface area contributed by atoms with Crippen molar-refractivity contribution in [2.45, 2.75) is 19.1 Å². The van der Waals surface area contributed by atoms with Crippen LogP contribution in [0.5, 0.6) is 17.2 Å². The summed E-state index contributed by atoms with van der Waals surface area (Å²) in [7, 11) is 0. The van der Waals surface area contributed by atoms with Crippen LogP contribution in [-0.4, -0.2) is 60.4 Å². The highest BCUT2D eigenvalue weighted by Gasteiger charge is 2.30. The number of aliphatic hydroxyl groups excluding tert-OH is 1. The summed E-state index contributed by atoms with van der Waals surface area (Å²) >= 11 is 0. The van der Waals surface area contributed by atoms with Crippen LogP contribution in [0.2, 0.25) is 0 Å². The lowest BCUT2D eigenvalue weighted by Gasteiger charge is -2.35. The molecule has 1 amide bonds. The molecule has 7 nitrogen and oxygen atoms in total. The van der Waals surface area contributed by atoms with Gasteiger partial charge in [-0.2, -0.15) is 0 Å². The second kappa shape index (κ2) is 7.57. The van der Waals surface area contributed by atoms with Crippen LogP contribution < -0.4 is 14.2 Å². The summed E-state index contributed by atoms with van der Waals surface area (Å²) in [5.74, 6) is 2.00. The Morgan fingerprint density at radius 2 is 1.86 bits per heavy atom. The maximum atomic E-state index is 12.9. The molecule has 0 aliphatic carbocycles. The highest BCUT2D eigenvalue weighted by Crippen LogP contribution is 2.35. The summed E-state index contributed by atoms with van der Waals surface area (Å²) in [6.07, 6.45) is -0.355. The van der Waals surface area contributed by atoms with E-state index in [4.69, 9.17) is 14.2 Å². The van der Waals surface area contributed by atoms with E-state index in [0.29, 0.717) is 31.0 Å². The molecule has 29 heavy (non-hydrogen) atoms. The number of amides is 1. The Kier molecular flexibility index (Phi) is 4.77. The third kappa shape index (κ3) is 3.52. The molecular weight excluding hydrogens is 372 g/mol. The van der Waals surface area contributed by atoms with Gasteiger partial charge in [0.15, 0.2) is 17.6 Å². The fraction of sp³-hybridized carbons (Fsp3) is 0.409. The molecule has 0 radical (unpaired) electrons. The Morgan fingerprint density at radius 3 is 2.72 bits per heavy atom. The lowest BCUT2D eigenvalue weighted by atomic mass is 10.0. The first-order valence-corrected chi connectivity index (χ1v) is 10.0. The number of hydrogen-bond donors (Lipinski definition) is 1. The zero-order valence-corrected chi connectivity index (χ0v) is 16.2. The lowest BCUT2D eigenvalue weighted by molar-refractivity contribution is -0.142. The van der Waals surface area contributed by atoms with Crippen LogP contribution in [0.3, 0.4) is 0 Å². The smallest absolute Gasteiger partial charge is 0.256 e. The number of hydrogen-bond acceptors (Lipinski definition) is 6. The predicted molar refractivity (Wildman–Crippen MR) is 105 cm³/mol. The number of rotatable bonds is 4. The van der Waals surface area contributed by atoms with Gasteiger partial charge in [-0.05, 0) is 23.3 Å². The van der Waals surface area contributed by atoms with Crippen LogP contribution in [0, 0.1) is 0 Å². The summed E-state index contributed by atoms with van der Waals surface area (Å²) in [5.41, 5.74) is 2.79. The molecule has 3 aliphatic heterocycles. The van der Waals surface area contributed by atoms with Crippen LogP contribution >= 0.6 is 0 Å². The highest BCUT2D eigenvalue weighted by molar-refractivity contribution is 5.83. The van der Waals surface area contributed by atoms with Crippen molar-refractivity contribution in [2.75, 3.05) is 39.6 Å². The van der Waals surface area contributed by atoms with E-state index in [-0.39, 0.29) is 12.7 Å². The van der Waals surface area contributed by atoms with Gasteiger partial charge in [0.2, 0.25) is 6.79 Å². The predicted octanol–water partition coefficient (Wildman–Crippen LogP) is 1.73. The van der Waals surface area contributed by atoms with Gasteiger partial charge in [-0.1, -0.05) is 24.3 Å². The Labute approximate surface area is 169 Å². The van der Waals surface area contributed by atoms with Crippen LogP contribution in [0.25, 0.3) is 0 Å². The molecule has 2 aromatic rings. The largest absolute Gasteiger partial charge is 0.493 e. The molecule has 5 rings (SSSR count). The summed E-state index contributed by atoms with van der Waals surface area (Å²) < 4.78 is 16.4. The zero-order chi connectivity index (χ0) is 19.8. The van der Waals surface area contributed by atoms with Gasteiger partial charge in [0, 0.05) is 44.7 Å².